The zero-order chi connectivity index (χ0) is 14.9. The van der Waals surface area contributed by atoms with E-state index >= 15 is 0 Å². The third-order valence-electron chi connectivity index (χ3n) is 2.66. The fraction of sp³-hybridized carbons (Fsp3) is 0.308. The number of aromatic nitrogens is 2. The maximum absolute atomic E-state index is 12.3. The summed E-state index contributed by atoms with van der Waals surface area (Å²) in [5, 5.41) is 4.81. The van der Waals surface area contributed by atoms with E-state index in [9.17, 15) is 8.42 Å². The SMILES string of the molecule is Cc1cc(Cl)ccc1-n1nccc1S(=O)(=O)NC(C)C. The molecule has 0 fully saturated rings. The van der Waals surface area contributed by atoms with Crippen LogP contribution in [0.1, 0.15) is 19.4 Å². The van der Waals surface area contributed by atoms with Crippen molar-refractivity contribution in [3.63, 3.8) is 0 Å². The molecule has 0 spiro atoms. The van der Waals surface area contributed by atoms with E-state index in [0.717, 1.165) is 5.56 Å². The molecule has 5 nitrogen and oxygen atoms in total. The first-order valence-electron chi connectivity index (χ1n) is 6.14. The molecule has 0 atom stereocenters. The van der Waals surface area contributed by atoms with Gasteiger partial charge in [-0.1, -0.05) is 11.6 Å². The number of hydrogen-bond acceptors (Lipinski definition) is 3. The maximum Gasteiger partial charge on any atom is 0.258 e. The second-order valence-corrected chi connectivity index (χ2v) is 6.89. The summed E-state index contributed by atoms with van der Waals surface area (Å²) in [7, 11) is -3.60. The van der Waals surface area contributed by atoms with Crippen molar-refractivity contribution in [2.24, 2.45) is 0 Å². The molecule has 0 unspecified atom stereocenters. The van der Waals surface area contributed by atoms with Gasteiger partial charge in [-0.05, 0) is 50.6 Å². The molecule has 1 heterocycles. The first-order chi connectivity index (χ1) is 9.31. The highest BCUT2D eigenvalue weighted by Gasteiger charge is 2.21. The van der Waals surface area contributed by atoms with Crippen LogP contribution in [0.25, 0.3) is 5.69 Å². The largest absolute Gasteiger partial charge is 0.258 e. The van der Waals surface area contributed by atoms with E-state index in [1.807, 2.05) is 6.92 Å². The zero-order valence-corrected chi connectivity index (χ0v) is 13.0. The predicted octanol–water partition coefficient (Wildman–Crippen LogP) is 2.52. The summed E-state index contributed by atoms with van der Waals surface area (Å²) in [5.41, 5.74) is 1.53. The summed E-state index contributed by atoms with van der Waals surface area (Å²) >= 11 is 5.92. The molecule has 7 heteroatoms. The highest BCUT2D eigenvalue weighted by Crippen LogP contribution is 2.21. The lowest BCUT2D eigenvalue weighted by Gasteiger charge is -2.13. The van der Waals surface area contributed by atoms with Crippen LogP contribution < -0.4 is 4.72 Å². The number of benzene rings is 1. The Morgan fingerprint density at radius 2 is 2.00 bits per heavy atom. The van der Waals surface area contributed by atoms with Gasteiger partial charge >= 0.3 is 0 Å². The van der Waals surface area contributed by atoms with Crippen molar-refractivity contribution in [1.82, 2.24) is 14.5 Å². The van der Waals surface area contributed by atoms with Gasteiger partial charge in [0.1, 0.15) is 0 Å². The third kappa shape index (κ3) is 3.03. The molecule has 0 saturated carbocycles. The summed E-state index contributed by atoms with van der Waals surface area (Å²) in [6, 6.07) is 6.51. The van der Waals surface area contributed by atoms with Gasteiger partial charge < -0.3 is 0 Å². The summed E-state index contributed by atoms with van der Waals surface area (Å²) in [4.78, 5) is 0. The molecule has 0 aliphatic carbocycles. The van der Waals surface area contributed by atoms with Gasteiger partial charge in [-0.15, -0.1) is 0 Å². The standard InChI is InChI=1S/C13H16ClN3O2S/c1-9(2)16-20(18,19)13-6-7-15-17(13)12-5-4-11(14)8-10(12)3/h4-9,16H,1-3H3. The minimum Gasteiger partial charge on any atom is -0.220 e. The van der Waals surface area contributed by atoms with E-state index in [-0.39, 0.29) is 11.1 Å². The Bertz CT molecular complexity index is 723. The van der Waals surface area contributed by atoms with Crippen molar-refractivity contribution in [3.05, 3.63) is 41.0 Å². The van der Waals surface area contributed by atoms with E-state index < -0.39 is 10.0 Å². The Hall–Kier alpha value is -1.37. The summed E-state index contributed by atoms with van der Waals surface area (Å²) < 4.78 is 28.5. The van der Waals surface area contributed by atoms with Crippen LogP contribution >= 0.6 is 11.6 Å². The molecule has 0 radical (unpaired) electrons. The lowest BCUT2D eigenvalue weighted by Crippen LogP contribution is -2.31. The van der Waals surface area contributed by atoms with E-state index in [0.29, 0.717) is 10.7 Å². The van der Waals surface area contributed by atoms with Crippen LogP contribution in [0.4, 0.5) is 0 Å². The van der Waals surface area contributed by atoms with Gasteiger partial charge in [-0.25, -0.2) is 17.8 Å². The topological polar surface area (TPSA) is 64.0 Å². The van der Waals surface area contributed by atoms with Crippen LogP contribution in [-0.4, -0.2) is 24.2 Å². The van der Waals surface area contributed by atoms with E-state index in [1.54, 1.807) is 32.0 Å². The average molecular weight is 314 g/mol. The Morgan fingerprint density at radius 1 is 1.30 bits per heavy atom. The minimum absolute atomic E-state index is 0.108. The van der Waals surface area contributed by atoms with Gasteiger partial charge in [-0.2, -0.15) is 5.10 Å². The number of halogens is 1. The van der Waals surface area contributed by atoms with Crippen molar-refractivity contribution < 1.29 is 8.42 Å². The number of nitrogens with one attached hydrogen (secondary N) is 1. The van der Waals surface area contributed by atoms with Gasteiger partial charge in [0.25, 0.3) is 10.0 Å². The summed E-state index contributed by atoms with van der Waals surface area (Å²) in [6.45, 7) is 5.40. The molecule has 108 valence electrons. The fourth-order valence-electron chi connectivity index (χ4n) is 1.90. The van der Waals surface area contributed by atoms with Crippen molar-refractivity contribution >= 4 is 21.6 Å². The number of hydrogen-bond donors (Lipinski definition) is 1. The predicted molar refractivity (Wildman–Crippen MR) is 78.8 cm³/mol. The molecule has 1 N–H and O–H groups in total. The van der Waals surface area contributed by atoms with Gasteiger partial charge in [0, 0.05) is 11.1 Å². The Kier molecular flexibility index (Phi) is 4.17. The Morgan fingerprint density at radius 3 is 2.60 bits per heavy atom. The summed E-state index contributed by atoms with van der Waals surface area (Å²) in [6.07, 6.45) is 1.46. The zero-order valence-electron chi connectivity index (χ0n) is 11.5. The molecule has 2 rings (SSSR count). The first-order valence-corrected chi connectivity index (χ1v) is 8.00. The normalized spacial score (nSPS) is 12.1. The summed E-state index contributed by atoms with van der Waals surface area (Å²) in [5.74, 6) is 0. The molecule has 1 aromatic heterocycles. The molecular weight excluding hydrogens is 298 g/mol. The smallest absolute Gasteiger partial charge is 0.220 e. The second-order valence-electron chi connectivity index (χ2n) is 4.79. The minimum atomic E-state index is -3.60. The number of rotatable bonds is 4. The molecule has 1 aromatic carbocycles. The Labute approximate surface area is 123 Å². The quantitative estimate of drug-likeness (QED) is 0.943. The van der Waals surface area contributed by atoms with Gasteiger partial charge in [0.2, 0.25) is 0 Å². The third-order valence-corrected chi connectivity index (χ3v) is 4.54. The number of sulfonamides is 1. The maximum atomic E-state index is 12.3. The van der Waals surface area contributed by atoms with Crippen molar-refractivity contribution in [3.8, 4) is 5.69 Å². The first kappa shape index (κ1) is 15.0. The monoisotopic (exact) mass is 313 g/mol. The molecular formula is C13H16ClN3O2S. The molecule has 2 aromatic rings. The number of aryl methyl sites for hydroxylation is 1. The van der Waals surface area contributed by atoms with Crippen LogP contribution in [0.15, 0.2) is 35.5 Å². The molecule has 20 heavy (non-hydrogen) atoms. The lowest BCUT2D eigenvalue weighted by atomic mass is 10.2. The second kappa shape index (κ2) is 5.55. The molecule has 0 aliphatic rings. The Balaban J connectivity index is 2.54. The van der Waals surface area contributed by atoms with E-state index in [4.69, 9.17) is 11.6 Å². The van der Waals surface area contributed by atoms with Crippen LogP contribution in [0.2, 0.25) is 5.02 Å². The molecule has 0 amide bonds. The van der Waals surface area contributed by atoms with Gasteiger partial charge in [0.05, 0.1) is 11.9 Å². The van der Waals surface area contributed by atoms with Crippen molar-refractivity contribution in [2.75, 3.05) is 0 Å². The van der Waals surface area contributed by atoms with Crippen LogP contribution in [0, 0.1) is 6.92 Å². The highest BCUT2D eigenvalue weighted by atomic mass is 35.5. The lowest BCUT2D eigenvalue weighted by molar-refractivity contribution is 0.560. The van der Waals surface area contributed by atoms with E-state index in [1.165, 1.54) is 16.9 Å². The van der Waals surface area contributed by atoms with Gasteiger partial charge in [0.15, 0.2) is 5.03 Å². The fourth-order valence-corrected chi connectivity index (χ4v) is 3.48. The molecule has 0 aliphatic heterocycles. The average Bonchev–Trinajstić information content (AvgIpc) is 2.76. The van der Waals surface area contributed by atoms with Crippen molar-refractivity contribution in [2.45, 2.75) is 31.8 Å². The van der Waals surface area contributed by atoms with Crippen molar-refractivity contribution in [1.29, 1.82) is 0 Å². The molecule has 0 saturated heterocycles. The van der Waals surface area contributed by atoms with Crippen LogP contribution in [-0.2, 0) is 10.0 Å². The van der Waals surface area contributed by atoms with Crippen LogP contribution in [0.5, 0.6) is 0 Å². The van der Waals surface area contributed by atoms with Gasteiger partial charge in [-0.3, -0.25) is 0 Å². The van der Waals surface area contributed by atoms with Crippen LogP contribution in [0.3, 0.4) is 0 Å². The van der Waals surface area contributed by atoms with E-state index in [2.05, 4.69) is 9.82 Å². The highest BCUT2D eigenvalue weighted by molar-refractivity contribution is 7.89. The number of nitrogens with zero attached hydrogens (tertiary/aromatic N) is 2. The molecule has 0 bridgehead atoms.